The molecule has 0 bridgehead atoms. The fourth-order valence-electron chi connectivity index (χ4n) is 7.26. The lowest BCUT2D eigenvalue weighted by Gasteiger charge is -2.33. The number of aromatic nitrogens is 1. The molecule has 0 spiro atoms. The number of ether oxygens (including phenoxy) is 1. The maximum atomic E-state index is 13.2. The lowest BCUT2D eigenvalue weighted by Crippen LogP contribution is -2.33. The highest BCUT2D eigenvalue weighted by Gasteiger charge is 2.36. The first-order valence-corrected chi connectivity index (χ1v) is 16.5. The molecular formula is C31H40F3N2O5S-. The van der Waals surface area contributed by atoms with Crippen LogP contribution in [0.1, 0.15) is 107 Å². The standard InChI is InChI=1S/C31H41F3N2O5S/c32-31(33,34)40-27-14-4-3-13-25(27)28-26(29(41-35-28)23-17-18-23)19-20-7-1-2-8-22(16-15-20)21-9-5-11-24(12-6-10-21)30(37)36-42(38)39/h3-4,13-14,20-24H,1-2,5-12,15-19H2,(H,36,37)(H,38,39)/p-1. The van der Waals surface area contributed by atoms with Gasteiger partial charge in [0, 0.05) is 34.2 Å². The third kappa shape index (κ3) is 8.36. The van der Waals surface area contributed by atoms with E-state index in [2.05, 4.69) is 9.89 Å². The molecule has 3 fully saturated rings. The van der Waals surface area contributed by atoms with E-state index < -0.39 is 17.6 Å². The average molecular weight is 610 g/mol. The van der Waals surface area contributed by atoms with Crippen molar-refractivity contribution in [3.05, 3.63) is 35.6 Å². The van der Waals surface area contributed by atoms with Gasteiger partial charge in [0.1, 0.15) is 17.2 Å². The van der Waals surface area contributed by atoms with E-state index >= 15 is 0 Å². The van der Waals surface area contributed by atoms with Crippen LogP contribution in [-0.4, -0.2) is 26.2 Å². The number of benzene rings is 1. The van der Waals surface area contributed by atoms with Crippen LogP contribution in [0.25, 0.3) is 11.3 Å². The molecule has 11 heteroatoms. The van der Waals surface area contributed by atoms with Crippen molar-refractivity contribution in [3.63, 3.8) is 0 Å². The van der Waals surface area contributed by atoms with E-state index in [-0.39, 0.29) is 23.5 Å². The maximum absolute atomic E-state index is 13.2. The van der Waals surface area contributed by atoms with Crippen LogP contribution < -0.4 is 9.46 Å². The Labute approximate surface area is 247 Å². The van der Waals surface area contributed by atoms with E-state index in [9.17, 15) is 26.7 Å². The molecular weight excluding hydrogens is 569 g/mol. The number of hydrogen-bond acceptors (Lipinski definition) is 6. The van der Waals surface area contributed by atoms with Gasteiger partial charge in [0.05, 0.1) is 0 Å². The number of para-hydroxylation sites is 1. The number of nitrogens with one attached hydrogen (secondary N) is 1. The predicted octanol–water partition coefficient (Wildman–Crippen LogP) is 7.74. The summed E-state index contributed by atoms with van der Waals surface area (Å²) in [5, 5.41) is 4.30. The largest absolute Gasteiger partial charge is 0.755 e. The fraction of sp³-hybridized carbons (Fsp3) is 0.677. The number of halogens is 3. The first-order valence-electron chi connectivity index (χ1n) is 15.4. The Balaban J connectivity index is 1.25. The molecule has 3 unspecified atom stereocenters. The predicted molar refractivity (Wildman–Crippen MR) is 151 cm³/mol. The van der Waals surface area contributed by atoms with Crippen LogP contribution in [0.3, 0.4) is 0 Å². The highest BCUT2D eigenvalue weighted by Crippen LogP contribution is 2.47. The molecule has 5 rings (SSSR count). The van der Waals surface area contributed by atoms with Gasteiger partial charge in [0.15, 0.2) is 0 Å². The minimum Gasteiger partial charge on any atom is -0.755 e. The summed E-state index contributed by atoms with van der Waals surface area (Å²) in [6, 6.07) is 6.17. The molecule has 0 saturated heterocycles. The van der Waals surface area contributed by atoms with Crippen LogP contribution in [0.5, 0.6) is 5.75 Å². The fourth-order valence-corrected chi connectivity index (χ4v) is 7.59. The summed E-state index contributed by atoms with van der Waals surface area (Å²) >= 11 is -2.57. The van der Waals surface area contributed by atoms with Gasteiger partial charge in [0.2, 0.25) is 5.91 Å². The molecule has 7 nitrogen and oxygen atoms in total. The molecule has 2 aromatic rings. The third-order valence-corrected chi connectivity index (χ3v) is 9.85. The Hall–Kier alpha value is -2.40. The van der Waals surface area contributed by atoms with Crippen LogP contribution >= 0.6 is 0 Å². The first kappa shape index (κ1) is 31.0. The Morgan fingerprint density at radius 2 is 1.62 bits per heavy atom. The minimum absolute atomic E-state index is 0.240. The molecule has 3 saturated carbocycles. The summed E-state index contributed by atoms with van der Waals surface area (Å²) in [5.74, 6) is 1.83. The molecule has 0 radical (unpaired) electrons. The van der Waals surface area contributed by atoms with Crippen LogP contribution in [0.4, 0.5) is 13.2 Å². The van der Waals surface area contributed by atoms with E-state index in [0.717, 1.165) is 88.4 Å². The summed E-state index contributed by atoms with van der Waals surface area (Å²) in [6.07, 6.45) is 10.1. The number of carbonyl (C=O) groups is 1. The van der Waals surface area contributed by atoms with E-state index in [4.69, 9.17) is 4.52 Å². The van der Waals surface area contributed by atoms with Crippen LogP contribution in [0.15, 0.2) is 28.8 Å². The van der Waals surface area contributed by atoms with Crippen molar-refractivity contribution in [1.82, 2.24) is 9.88 Å². The van der Waals surface area contributed by atoms with Gasteiger partial charge in [0.25, 0.3) is 0 Å². The zero-order valence-corrected chi connectivity index (χ0v) is 24.6. The Bertz CT molecular complexity index is 1220. The molecule has 3 aliphatic rings. The SMILES string of the molecule is O=C(NS(=O)[O-])C1CCCC(C2CCCCC(Cc3c(-c4ccccc4OC(F)(F)F)noc3C3CC3)CC2)CCC1. The summed E-state index contributed by atoms with van der Waals surface area (Å²) in [6.45, 7) is 0. The lowest BCUT2D eigenvalue weighted by molar-refractivity contribution is -0.274. The van der Waals surface area contributed by atoms with Crippen molar-refractivity contribution in [1.29, 1.82) is 0 Å². The second kappa shape index (κ2) is 13.9. The molecule has 0 aliphatic heterocycles. The minimum atomic E-state index is -4.80. The summed E-state index contributed by atoms with van der Waals surface area (Å²) < 4.78 is 73.4. The second-order valence-corrected chi connectivity index (χ2v) is 13.1. The number of rotatable bonds is 8. The number of nitrogens with zero attached hydrogens (tertiary/aromatic N) is 1. The van der Waals surface area contributed by atoms with Gasteiger partial charge >= 0.3 is 6.36 Å². The van der Waals surface area contributed by atoms with Crippen molar-refractivity contribution < 1.29 is 36.0 Å². The second-order valence-electron chi connectivity index (χ2n) is 12.4. The van der Waals surface area contributed by atoms with Gasteiger partial charge < -0.3 is 13.8 Å². The third-order valence-electron chi connectivity index (χ3n) is 9.49. The molecule has 3 aliphatic carbocycles. The molecule has 1 aromatic carbocycles. The zero-order chi connectivity index (χ0) is 29.7. The van der Waals surface area contributed by atoms with Crippen molar-refractivity contribution in [2.45, 2.75) is 109 Å². The average Bonchev–Trinajstić information content (AvgIpc) is 3.65. The van der Waals surface area contributed by atoms with E-state index in [1.165, 1.54) is 18.6 Å². The summed E-state index contributed by atoms with van der Waals surface area (Å²) in [5.41, 5.74) is 1.72. The Morgan fingerprint density at radius 1 is 0.952 bits per heavy atom. The van der Waals surface area contributed by atoms with Gasteiger partial charge in [-0.15, -0.1) is 13.2 Å². The highest BCUT2D eigenvalue weighted by molar-refractivity contribution is 7.77. The monoisotopic (exact) mass is 609 g/mol. The van der Waals surface area contributed by atoms with Gasteiger partial charge in [-0.2, -0.15) is 0 Å². The van der Waals surface area contributed by atoms with Crippen LogP contribution in [-0.2, 0) is 22.5 Å². The molecule has 1 amide bonds. The number of carbonyl (C=O) groups excluding carboxylic acids is 1. The smallest absolute Gasteiger partial charge is 0.573 e. The normalized spacial score (nSPS) is 26.8. The van der Waals surface area contributed by atoms with Crippen molar-refractivity contribution in [2.24, 2.45) is 23.7 Å². The van der Waals surface area contributed by atoms with Gasteiger partial charge in [-0.25, -0.2) is 0 Å². The maximum Gasteiger partial charge on any atom is 0.573 e. The molecule has 1 heterocycles. The molecule has 1 N–H and O–H groups in total. The quantitative estimate of drug-likeness (QED) is 0.307. The lowest BCUT2D eigenvalue weighted by atomic mass is 9.73. The van der Waals surface area contributed by atoms with Gasteiger partial charge in [-0.05, 0) is 74.8 Å². The topological polar surface area (TPSA) is 104 Å². The van der Waals surface area contributed by atoms with Crippen molar-refractivity contribution in [2.75, 3.05) is 0 Å². The summed E-state index contributed by atoms with van der Waals surface area (Å²) in [7, 11) is 0. The Morgan fingerprint density at radius 3 is 2.31 bits per heavy atom. The van der Waals surface area contributed by atoms with Gasteiger partial charge in [-0.3, -0.25) is 13.7 Å². The van der Waals surface area contributed by atoms with E-state index in [0.29, 0.717) is 41.9 Å². The van der Waals surface area contributed by atoms with Crippen molar-refractivity contribution in [3.8, 4) is 17.0 Å². The first-order chi connectivity index (χ1) is 20.2. The number of hydrogen-bond donors (Lipinski definition) is 1. The molecule has 232 valence electrons. The number of amides is 1. The molecule has 42 heavy (non-hydrogen) atoms. The molecule has 1 aromatic heterocycles. The highest BCUT2D eigenvalue weighted by atomic mass is 32.2. The summed E-state index contributed by atoms with van der Waals surface area (Å²) in [4.78, 5) is 12.2. The van der Waals surface area contributed by atoms with Gasteiger partial charge in [-0.1, -0.05) is 68.7 Å². The van der Waals surface area contributed by atoms with E-state index in [1.807, 2.05) is 4.72 Å². The molecule has 3 atom stereocenters. The van der Waals surface area contributed by atoms with E-state index in [1.54, 1.807) is 12.1 Å². The van der Waals surface area contributed by atoms with Crippen LogP contribution in [0.2, 0.25) is 0 Å². The van der Waals surface area contributed by atoms with Crippen LogP contribution in [0, 0.1) is 23.7 Å². The zero-order valence-electron chi connectivity index (χ0n) is 23.8. The number of alkyl halides is 3. The van der Waals surface area contributed by atoms with Crippen molar-refractivity contribution >= 4 is 17.2 Å². The Kier molecular flexibility index (Phi) is 10.3.